The van der Waals surface area contributed by atoms with Crippen molar-refractivity contribution in [2.75, 3.05) is 6.54 Å². The molecular weight excluding hydrogens is 309 g/mol. The summed E-state index contributed by atoms with van der Waals surface area (Å²) in [6.45, 7) is 2.82. The molecule has 0 aliphatic heterocycles. The number of aryl methyl sites for hydroxylation is 1. The van der Waals surface area contributed by atoms with Gasteiger partial charge in [-0.3, -0.25) is 0 Å². The SMILES string of the molecule is CCNC(CCc1ccco1)c1cccc(Br)c1F. The van der Waals surface area contributed by atoms with Crippen molar-refractivity contribution in [2.24, 2.45) is 0 Å². The lowest BCUT2D eigenvalue weighted by atomic mass is 10.0. The van der Waals surface area contributed by atoms with Crippen LogP contribution >= 0.6 is 15.9 Å². The first kappa shape index (κ1) is 14.3. The number of rotatable bonds is 6. The molecule has 1 atom stereocenters. The minimum Gasteiger partial charge on any atom is -0.469 e. The summed E-state index contributed by atoms with van der Waals surface area (Å²) < 4.78 is 20.0. The van der Waals surface area contributed by atoms with Crippen LogP contribution in [0.3, 0.4) is 0 Å². The molecule has 0 radical (unpaired) electrons. The van der Waals surface area contributed by atoms with E-state index in [1.54, 1.807) is 12.3 Å². The average molecular weight is 326 g/mol. The summed E-state index contributed by atoms with van der Waals surface area (Å²) in [7, 11) is 0. The second-order valence-electron chi connectivity index (χ2n) is 4.37. The van der Waals surface area contributed by atoms with Crippen LogP contribution in [0.25, 0.3) is 0 Å². The highest BCUT2D eigenvalue weighted by Gasteiger charge is 2.16. The Balaban J connectivity index is 2.12. The number of hydrogen-bond acceptors (Lipinski definition) is 2. The fourth-order valence-corrected chi connectivity index (χ4v) is 2.53. The molecular formula is C15H17BrFNO. The molecule has 2 rings (SSSR count). The Morgan fingerprint density at radius 3 is 2.84 bits per heavy atom. The van der Waals surface area contributed by atoms with E-state index >= 15 is 0 Å². The summed E-state index contributed by atoms with van der Waals surface area (Å²) in [5.41, 5.74) is 0.697. The van der Waals surface area contributed by atoms with E-state index in [4.69, 9.17) is 4.42 Å². The van der Waals surface area contributed by atoms with Gasteiger partial charge in [0.2, 0.25) is 0 Å². The van der Waals surface area contributed by atoms with Gasteiger partial charge in [-0.05, 0) is 47.1 Å². The van der Waals surface area contributed by atoms with Crippen molar-refractivity contribution in [1.29, 1.82) is 0 Å². The molecule has 0 aliphatic carbocycles. The Morgan fingerprint density at radius 1 is 1.32 bits per heavy atom. The molecule has 0 amide bonds. The van der Waals surface area contributed by atoms with Gasteiger partial charge in [-0.15, -0.1) is 0 Å². The van der Waals surface area contributed by atoms with Gasteiger partial charge in [-0.1, -0.05) is 19.1 Å². The summed E-state index contributed by atoms with van der Waals surface area (Å²) in [6.07, 6.45) is 3.25. The Morgan fingerprint density at radius 2 is 2.16 bits per heavy atom. The van der Waals surface area contributed by atoms with Crippen LogP contribution in [0, 0.1) is 5.82 Å². The zero-order chi connectivity index (χ0) is 13.7. The topological polar surface area (TPSA) is 25.2 Å². The van der Waals surface area contributed by atoms with Crippen molar-refractivity contribution in [3.63, 3.8) is 0 Å². The molecule has 0 bridgehead atoms. The Bertz CT molecular complexity index is 513. The maximum Gasteiger partial charge on any atom is 0.142 e. The summed E-state index contributed by atoms with van der Waals surface area (Å²) in [4.78, 5) is 0. The van der Waals surface area contributed by atoms with Gasteiger partial charge in [0.25, 0.3) is 0 Å². The van der Waals surface area contributed by atoms with E-state index in [9.17, 15) is 4.39 Å². The molecule has 1 aromatic carbocycles. The monoisotopic (exact) mass is 325 g/mol. The first-order chi connectivity index (χ1) is 9.22. The maximum absolute atomic E-state index is 14.1. The van der Waals surface area contributed by atoms with Crippen LogP contribution in [0.5, 0.6) is 0 Å². The zero-order valence-electron chi connectivity index (χ0n) is 10.8. The third-order valence-electron chi connectivity index (χ3n) is 3.07. The van der Waals surface area contributed by atoms with Gasteiger partial charge in [-0.2, -0.15) is 0 Å². The molecule has 0 saturated heterocycles. The first-order valence-electron chi connectivity index (χ1n) is 6.42. The van der Waals surface area contributed by atoms with Crippen LogP contribution in [0.15, 0.2) is 45.5 Å². The number of halogens is 2. The average Bonchev–Trinajstić information content (AvgIpc) is 2.91. The van der Waals surface area contributed by atoms with Gasteiger partial charge < -0.3 is 9.73 Å². The van der Waals surface area contributed by atoms with Crippen LogP contribution in [-0.4, -0.2) is 6.54 Å². The van der Waals surface area contributed by atoms with Crippen molar-refractivity contribution in [2.45, 2.75) is 25.8 Å². The highest BCUT2D eigenvalue weighted by atomic mass is 79.9. The fourth-order valence-electron chi connectivity index (χ4n) is 2.14. The smallest absolute Gasteiger partial charge is 0.142 e. The molecule has 102 valence electrons. The lowest BCUT2D eigenvalue weighted by Gasteiger charge is -2.19. The molecule has 0 spiro atoms. The number of benzene rings is 1. The van der Waals surface area contributed by atoms with Crippen LogP contribution < -0.4 is 5.32 Å². The zero-order valence-corrected chi connectivity index (χ0v) is 12.4. The lowest BCUT2D eigenvalue weighted by molar-refractivity contribution is 0.446. The van der Waals surface area contributed by atoms with E-state index < -0.39 is 0 Å². The number of nitrogens with one attached hydrogen (secondary N) is 1. The molecule has 4 heteroatoms. The van der Waals surface area contributed by atoms with Crippen LogP contribution in [0.1, 0.15) is 30.7 Å². The predicted molar refractivity (Wildman–Crippen MR) is 77.5 cm³/mol. The Labute approximate surface area is 121 Å². The summed E-state index contributed by atoms with van der Waals surface area (Å²) in [5, 5.41) is 3.33. The Hall–Kier alpha value is -1.13. The standard InChI is InChI=1S/C15H17BrFNO/c1-2-18-14(9-8-11-5-4-10-19-11)12-6-3-7-13(16)15(12)17/h3-7,10,14,18H,2,8-9H2,1H3. The van der Waals surface area contributed by atoms with Crippen LogP contribution in [-0.2, 0) is 6.42 Å². The molecule has 2 aromatic rings. The molecule has 2 nitrogen and oxygen atoms in total. The highest BCUT2D eigenvalue weighted by Crippen LogP contribution is 2.26. The van der Waals surface area contributed by atoms with Crippen molar-refractivity contribution in [3.8, 4) is 0 Å². The van der Waals surface area contributed by atoms with E-state index in [0.717, 1.165) is 25.1 Å². The minimum absolute atomic E-state index is 0.00685. The summed E-state index contributed by atoms with van der Waals surface area (Å²) in [6, 6.07) is 9.22. The van der Waals surface area contributed by atoms with E-state index in [0.29, 0.717) is 10.0 Å². The number of furan rings is 1. The van der Waals surface area contributed by atoms with E-state index in [1.807, 2.05) is 31.2 Å². The van der Waals surface area contributed by atoms with Crippen LogP contribution in [0.4, 0.5) is 4.39 Å². The predicted octanol–water partition coefficient (Wildman–Crippen LogP) is 4.46. The van der Waals surface area contributed by atoms with E-state index in [2.05, 4.69) is 21.2 Å². The first-order valence-corrected chi connectivity index (χ1v) is 7.21. The largest absolute Gasteiger partial charge is 0.469 e. The maximum atomic E-state index is 14.1. The third-order valence-corrected chi connectivity index (χ3v) is 3.68. The van der Waals surface area contributed by atoms with Crippen molar-refractivity contribution < 1.29 is 8.81 Å². The second kappa shape index (κ2) is 6.87. The van der Waals surface area contributed by atoms with Crippen molar-refractivity contribution >= 4 is 15.9 Å². The van der Waals surface area contributed by atoms with Crippen LogP contribution in [0.2, 0.25) is 0 Å². The molecule has 1 unspecified atom stereocenters. The van der Waals surface area contributed by atoms with Crippen molar-refractivity contribution in [1.82, 2.24) is 5.32 Å². The van der Waals surface area contributed by atoms with Gasteiger partial charge in [0, 0.05) is 18.0 Å². The number of hydrogen-bond donors (Lipinski definition) is 1. The summed E-state index contributed by atoms with van der Waals surface area (Å²) >= 11 is 3.23. The van der Waals surface area contributed by atoms with Gasteiger partial charge in [0.1, 0.15) is 11.6 Å². The van der Waals surface area contributed by atoms with Gasteiger partial charge >= 0.3 is 0 Å². The molecule has 19 heavy (non-hydrogen) atoms. The highest BCUT2D eigenvalue weighted by molar-refractivity contribution is 9.10. The van der Waals surface area contributed by atoms with E-state index in [1.165, 1.54) is 0 Å². The molecule has 0 fully saturated rings. The fraction of sp³-hybridized carbons (Fsp3) is 0.333. The molecule has 0 saturated carbocycles. The molecule has 1 heterocycles. The quantitative estimate of drug-likeness (QED) is 0.847. The molecule has 0 aliphatic rings. The third kappa shape index (κ3) is 3.67. The molecule has 1 N–H and O–H groups in total. The summed E-state index contributed by atoms with van der Waals surface area (Å²) in [5.74, 6) is 0.742. The minimum atomic E-state index is -0.187. The molecule has 1 aromatic heterocycles. The Kier molecular flexibility index (Phi) is 5.16. The second-order valence-corrected chi connectivity index (χ2v) is 5.23. The lowest BCUT2D eigenvalue weighted by Crippen LogP contribution is -2.22. The van der Waals surface area contributed by atoms with Crippen molar-refractivity contribution in [3.05, 3.63) is 58.2 Å². The van der Waals surface area contributed by atoms with Gasteiger partial charge in [0.15, 0.2) is 0 Å². The normalized spacial score (nSPS) is 12.6. The van der Waals surface area contributed by atoms with E-state index in [-0.39, 0.29) is 11.9 Å². The van der Waals surface area contributed by atoms with Gasteiger partial charge in [0.05, 0.1) is 10.7 Å². The van der Waals surface area contributed by atoms with Gasteiger partial charge in [-0.25, -0.2) is 4.39 Å².